The van der Waals surface area contributed by atoms with Crippen LogP contribution in [0.5, 0.6) is 0 Å². The smallest absolute Gasteiger partial charge is 0.320 e. The molecule has 0 bridgehead atoms. The minimum atomic E-state index is -0.333. The van der Waals surface area contributed by atoms with Crippen molar-refractivity contribution in [2.24, 2.45) is 0 Å². The third-order valence-electron chi connectivity index (χ3n) is 3.75. The zero-order chi connectivity index (χ0) is 17.8. The number of carbonyl (C=O) groups is 1. The molecule has 0 unspecified atom stereocenters. The number of fused-ring (bicyclic) bond motifs is 1. The summed E-state index contributed by atoms with van der Waals surface area (Å²) in [6.07, 6.45) is 1.68. The summed E-state index contributed by atoms with van der Waals surface area (Å²) < 4.78 is 0. The molecular weight excluding hydrogens is 340 g/mol. The van der Waals surface area contributed by atoms with E-state index in [1.165, 1.54) is 0 Å². The third-order valence-corrected chi connectivity index (χ3v) is 4.00. The van der Waals surface area contributed by atoms with Gasteiger partial charge in [0.05, 0.1) is 16.9 Å². The number of halogens is 1. The summed E-state index contributed by atoms with van der Waals surface area (Å²) in [5, 5.41) is 17.4. The molecule has 0 aliphatic heterocycles. The zero-order valence-electron chi connectivity index (χ0n) is 13.9. The Morgan fingerprint density at radius 3 is 2.80 bits per heavy atom. The van der Waals surface area contributed by atoms with E-state index in [-0.39, 0.29) is 12.1 Å². The van der Waals surface area contributed by atoms with Crippen LogP contribution in [-0.2, 0) is 0 Å². The van der Waals surface area contributed by atoms with Crippen molar-refractivity contribution in [3.8, 4) is 0 Å². The fraction of sp³-hybridized carbons (Fsp3) is 0.235. The predicted octanol–water partition coefficient (Wildman–Crippen LogP) is 3.93. The van der Waals surface area contributed by atoms with E-state index in [0.717, 1.165) is 28.8 Å². The van der Waals surface area contributed by atoms with Gasteiger partial charge in [0.1, 0.15) is 5.82 Å². The summed E-state index contributed by atoms with van der Waals surface area (Å²) in [5.41, 5.74) is 1.76. The first-order valence-electron chi connectivity index (χ1n) is 7.97. The first kappa shape index (κ1) is 17.0. The number of carbonyl (C=O) groups excluding carboxylic acids is 1. The van der Waals surface area contributed by atoms with Crippen molar-refractivity contribution in [3.05, 3.63) is 47.1 Å². The Hall–Kier alpha value is -2.80. The average molecular weight is 359 g/mol. The average Bonchev–Trinajstić information content (AvgIpc) is 2.98. The predicted molar refractivity (Wildman–Crippen MR) is 100 cm³/mol. The second-order valence-corrected chi connectivity index (χ2v) is 6.03. The molecule has 8 heteroatoms. The minimum Gasteiger partial charge on any atom is -0.368 e. The van der Waals surface area contributed by atoms with E-state index in [0.29, 0.717) is 10.8 Å². The van der Waals surface area contributed by atoms with E-state index in [9.17, 15) is 4.79 Å². The lowest BCUT2D eigenvalue weighted by atomic mass is 10.1. The number of aromatic amines is 1. The molecule has 0 saturated carbocycles. The van der Waals surface area contributed by atoms with Crippen LogP contribution in [0.15, 0.2) is 36.5 Å². The first-order valence-corrected chi connectivity index (χ1v) is 8.35. The van der Waals surface area contributed by atoms with Gasteiger partial charge in [-0.05, 0) is 31.5 Å². The number of hydrogen-bond donors (Lipinski definition) is 4. The number of nitrogens with zero attached hydrogens (tertiary/aromatic N) is 2. The van der Waals surface area contributed by atoms with Crippen LogP contribution in [-0.4, -0.2) is 27.8 Å². The van der Waals surface area contributed by atoms with Gasteiger partial charge in [-0.3, -0.25) is 10.4 Å². The zero-order valence-corrected chi connectivity index (χ0v) is 14.7. The van der Waals surface area contributed by atoms with Gasteiger partial charge < -0.3 is 10.6 Å². The van der Waals surface area contributed by atoms with Crippen LogP contribution in [0.3, 0.4) is 0 Å². The topological polar surface area (TPSA) is 94.7 Å². The Balaban J connectivity index is 1.66. The molecule has 130 valence electrons. The number of H-pyrrole nitrogens is 1. The third kappa shape index (κ3) is 4.00. The standard InChI is InChI=1S/C17H19ClN6O/c1-3-19-16-13-9-20-15(8-14(13)23-24-16)22-17(25)21-10(2)11-4-6-12(18)7-5-11/h4-10H,3H2,1-2H3,(H2,19,23,24)(H2,20,21,22,25)/t10-/m1/s1. The lowest BCUT2D eigenvalue weighted by Gasteiger charge is -2.15. The number of rotatable bonds is 5. The molecule has 2 amide bonds. The normalized spacial score (nSPS) is 12.0. The summed E-state index contributed by atoms with van der Waals surface area (Å²) in [7, 11) is 0. The molecule has 0 saturated heterocycles. The van der Waals surface area contributed by atoms with Gasteiger partial charge in [0.15, 0.2) is 5.82 Å². The Kier molecular flexibility index (Phi) is 5.04. The highest BCUT2D eigenvalue weighted by atomic mass is 35.5. The van der Waals surface area contributed by atoms with Crippen LogP contribution < -0.4 is 16.0 Å². The molecule has 1 atom stereocenters. The van der Waals surface area contributed by atoms with Crippen molar-refractivity contribution in [2.75, 3.05) is 17.2 Å². The van der Waals surface area contributed by atoms with Crippen molar-refractivity contribution in [1.29, 1.82) is 0 Å². The van der Waals surface area contributed by atoms with Gasteiger partial charge in [0.25, 0.3) is 0 Å². The molecule has 0 spiro atoms. The second kappa shape index (κ2) is 7.40. The number of aromatic nitrogens is 3. The number of anilines is 2. The highest BCUT2D eigenvalue weighted by molar-refractivity contribution is 6.30. The van der Waals surface area contributed by atoms with E-state index in [4.69, 9.17) is 11.6 Å². The lowest BCUT2D eigenvalue weighted by molar-refractivity contribution is 0.249. The number of amides is 2. The van der Waals surface area contributed by atoms with Gasteiger partial charge in [0, 0.05) is 23.8 Å². The maximum atomic E-state index is 12.2. The van der Waals surface area contributed by atoms with Gasteiger partial charge in [-0.1, -0.05) is 23.7 Å². The van der Waals surface area contributed by atoms with Crippen LogP contribution >= 0.6 is 11.6 Å². The van der Waals surface area contributed by atoms with Crippen molar-refractivity contribution in [1.82, 2.24) is 20.5 Å². The lowest BCUT2D eigenvalue weighted by Crippen LogP contribution is -2.31. The summed E-state index contributed by atoms with van der Waals surface area (Å²) in [4.78, 5) is 16.4. The highest BCUT2D eigenvalue weighted by Gasteiger charge is 2.11. The largest absolute Gasteiger partial charge is 0.368 e. The second-order valence-electron chi connectivity index (χ2n) is 5.59. The molecular formula is C17H19ClN6O. The molecule has 0 fully saturated rings. The van der Waals surface area contributed by atoms with E-state index >= 15 is 0 Å². The monoisotopic (exact) mass is 358 g/mol. The van der Waals surface area contributed by atoms with E-state index in [2.05, 4.69) is 31.1 Å². The fourth-order valence-electron chi connectivity index (χ4n) is 2.47. The van der Waals surface area contributed by atoms with Crippen molar-refractivity contribution in [3.63, 3.8) is 0 Å². The fourth-order valence-corrected chi connectivity index (χ4v) is 2.59. The SMILES string of the molecule is CCNc1n[nH]c2cc(NC(=O)N[C@H](C)c3ccc(Cl)cc3)ncc12. The number of benzene rings is 1. The summed E-state index contributed by atoms with van der Waals surface area (Å²) in [5.74, 6) is 1.19. The number of urea groups is 1. The highest BCUT2D eigenvalue weighted by Crippen LogP contribution is 2.21. The number of pyridine rings is 1. The Bertz CT molecular complexity index is 876. The quantitative estimate of drug-likeness (QED) is 0.556. The van der Waals surface area contributed by atoms with Gasteiger partial charge >= 0.3 is 6.03 Å². The molecule has 1 aromatic carbocycles. The van der Waals surface area contributed by atoms with Crippen LogP contribution in [0.25, 0.3) is 10.9 Å². The maximum Gasteiger partial charge on any atom is 0.320 e. The molecule has 2 heterocycles. The van der Waals surface area contributed by atoms with Crippen molar-refractivity contribution >= 4 is 40.2 Å². The molecule has 4 N–H and O–H groups in total. The maximum absolute atomic E-state index is 12.2. The van der Waals surface area contributed by atoms with Crippen molar-refractivity contribution in [2.45, 2.75) is 19.9 Å². The molecule has 3 aromatic rings. The van der Waals surface area contributed by atoms with Gasteiger partial charge in [-0.15, -0.1) is 0 Å². The first-order chi connectivity index (χ1) is 12.1. The molecule has 0 radical (unpaired) electrons. The Labute approximate surface area is 150 Å². The Morgan fingerprint density at radius 1 is 1.32 bits per heavy atom. The summed E-state index contributed by atoms with van der Waals surface area (Å²) in [6, 6.07) is 8.60. The number of hydrogen-bond acceptors (Lipinski definition) is 4. The van der Waals surface area contributed by atoms with E-state index in [1.807, 2.05) is 26.0 Å². The van der Waals surface area contributed by atoms with Crippen LogP contribution in [0, 0.1) is 0 Å². The molecule has 3 rings (SSSR count). The summed E-state index contributed by atoms with van der Waals surface area (Å²) >= 11 is 5.88. The number of nitrogens with one attached hydrogen (secondary N) is 4. The molecule has 0 aliphatic rings. The van der Waals surface area contributed by atoms with Crippen LogP contribution in [0.2, 0.25) is 5.02 Å². The van der Waals surface area contributed by atoms with Gasteiger partial charge in [0.2, 0.25) is 0 Å². The summed E-state index contributed by atoms with van der Waals surface area (Å²) in [6.45, 7) is 4.66. The molecule has 2 aromatic heterocycles. The Morgan fingerprint density at radius 2 is 2.08 bits per heavy atom. The van der Waals surface area contributed by atoms with Crippen LogP contribution in [0.1, 0.15) is 25.5 Å². The molecule has 7 nitrogen and oxygen atoms in total. The van der Waals surface area contributed by atoms with Crippen LogP contribution in [0.4, 0.5) is 16.4 Å². The van der Waals surface area contributed by atoms with E-state index in [1.54, 1.807) is 24.4 Å². The van der Waals surface area contributed by atoms with Crippen molar-refractivity contribution < 1.29 is 4.79 Å². The van der Waals surface area contributed by atoms with Gasteiger partial charge in [-0.2, -0.15) is 5.10 Å². The molecule has 25 heavy (non-hydrogen) atoms. The molecule has 0 aliphatic carbocycles. The minimum absolute atomic E-state index is 0.159. The van der Waals surface area contributed by atoms with Gasteiger partial charge in [-0.25, -0.2) is 9.78 Å². The van der Waals surface area contributed by atoms with E-state index < -0.39 is 0 Å².